The highest BCUT2D eigenvalue weighted by molar-refractivity contribution is 7.10. The Balaban J connectivity index is 1.81. The van der Waals surface area contributed by atoms with Gasteiger partial charge >= 0.3 is 0 Å². The average molecular weight is 421 g/mol. The second-order valence-corrected chi connectivity index (χ2v) is 7.58. The van der Waals surface area contributed by atoms with Gasteiger partial charge < -0.3 is 15.4 Å². The molecule has 0 fully saturated rings. The Morgan fingerprint density at radius 3 is 2.37 bits per heavy atom. The molecule has 2 amide bonds. The van der Waals surface area contributed by atoms with Gasteiger partial charge in [0.15, 0.2) is 0 Å². The number of rotatable bonds is 8. The molecule has 3 aromatic rings. The van der Waals surface area contributed by atoms with E-state index >= 15 is 0 Å². The quantitative estimate of drug-likeness (QED) is 0.515. The zero-order chi connectivity index (χ0) is 21.3. The fourth-order valence-electron chi connectivity index (χ4n) is 2.95. The summed E-state index contributed by atoms with van der Waals surface area (Å²) in [6.45, 7) is 2.01. The predicted molar refractivity (Wildman–Crippen MR) is 120 cm³/mol. The minimum atomic E-state index is -0.358. The number of thiophene rings is 1. The highest BCUT2D eigenvalue weighted by atomic mass is 32.1. The van der Waals surface area contributed by atoms with E-state index in [1.165, 1.54) is 11.3 Å². The van der Waals surface area contributed by atoms with Crippen molar-refractivity contribution in [3.63, 3.8) is 0 Å². The van der Waals surface area contributed by atoms with Crippen molar-refractivity contribution < 1.29 is 14.3 Å². The van der Waals surface area contributed by atoms with Gasteiger partial charge in [-0.05, 0) is 53.8 Å². The normalized spacial score (nSPS) is 12.1. The van der Waals surface area contributed by atoms with Gasteiger partial charge in [-0.15, -0.1) is 11.3 Å². The van der Waals surface area contributed by atoms with Crippen LogP contribution in [0.2, 0.25) is 0 Å². The first-order valence-corrected chi connectivity index (χ1v) is 10.5. The molecule has 5 nitrogen and oxygen atoms in total. The van der Waals surface area contributed by atoms with Crippen LogP contribution >= 0.6 is 11.3 Å². The lowest BCUT2D eigenvalue weighted by Crippen LogP contribution is -2.36. The molecular formula is C24H24N2O3S. The molecule has 0 bridgehead atoms. The van der Waals surface area contributed by atoms with Gasteiger partial charge in [-0.3, -0.25) is 9.59 Å². The van der Waals surface area contributed by atoms with Gasteiger partial charge in [-0.1, -0.05) is 43.3 Å². The molecule has 3 rings (SSSR count). The van der Waals surface area contributed by atoms with Crippen LogP contribution in [0.1, 0.15) is 40.2 Å². The van der Waals surface area contributed by atoms with Gasteiger partial charge in [-0.25, -0.2) is 0 Å². The van der Waals surface area contributed by atoms with Gasteiger partial charge in [0.2, 0.25) is 0 Å². The average Bonchev–Trinajstić information content (AvgIpc) is 3.30. The van der Waals surface area contributed by atoms with Crippen LogP contribution in [0.5, 0.6) is 5.75 Å². The van der Waals surface area contributed by atoms with Crippen LogP contribution in [0.25, 0.3) is 6.08 Å². The molecule has 0 radical (unpaired) electrons. The van der Waals surface area contributed by atoms with E-state index in [-0.39, 0.29) is 23.6 Å². The standard InChI is InChI=1S/C24H24N2O3S/c1-3-21(17-8-5-4-6-9-17)25-24(28)22(16-20-10-7-15-30-20)26-23(27)18-11-13-19(29-2)14-12-18/h4-16,21H,3H2,1-2H3,(H,25,28)(H,26,27)/b22-16-. The van der Waals surface area contributed by atoms with Crippen LogP contribution in [0.4, 0.5) is 0 Å². The zero-order valence-electron chi connectivity index (χ0n) is 16.9. The molecular weight excluding hydrogens is 396 g/mol. The third-order valence-corrected chi connectivity index (χ3v) is 5.41. The highest BCUT2D eigenvalue weighted by Gasteiger charge is 2.19. The van der Waals surface area contributed by atoms with Crippen LogP contribution in [-0.4, -0.2) is 18.9 Å². The lowest BCUT2D eigenvalue weighted by molar-refractivity contribution is -0.118. The maximum atomic E-state index is 13.1. The van der Waals surface area contributed by atoms with Crippen molar-refractivity contribution in [2.75, 3.05) is 7.11 Å². The molecule has 2 N–H and O–H groups in total. The summed E-state index contributed by atoms with van der Waals surface area (Å²) in [7, 11) is 1.57. The largest absolute Gasteiger partial charge is 0.497 e. The van der Waals surface area contributed by atoms with Crippen molar-refractivity contribution in [2.24, 2.45) is 0 Å². The number of ether oxygens (including phenoxy) is 1. The van der Waals surface area contributed by atoms with Crippen LogP contribution in [0.15, 0.2) is 77.8 Å². The van der Waals surface area contributed by atoms with Gasteiger partial charge in [-0.2, -0.15) is 0 Å². The number of carbonyl (C=O) groups is 2. The lowest BCUT2D eigenvalue weighted by atomic mass is 10.0. The summed E-state index contributed by atoms with van der Waals surface area (Å²) in [6.07, 6.45) is 2.42. The van der Waals surface area contributed by atoms with Crippen molar-refractivity contribution in [1.29, 1.82) is 0 Å². The fourth-order valence-corrected chi connectivity index (χ4v) is 3.61. The van der Waals surface area contributed by atoms with Crippen LogP contribution in [-0.2, 0) is 4.79 Å². The molecule has 154 valence electrons. The van der Waals surface area contributed by atoms with Crippen molar-refractivity contribution in [2.45, 2.75) is 19.4 Å². The van der Waals surface area contributed by atoms with E-state index in [2.05, 4.69) is 10.6 Å². The molecule has 1 aromatic heterocycles. The van der Waals surface area contributed by atoms with E-state index in [0.717, 1.165) is 16.9 Å². The monoisotopic (exact) mass is 420 g/mol. The molecule has 1 heterocycles. The number of hydrogen-bond donors (Lipinski definition) is 2. The number of hydrogen-bond acceptors (Lipinski definition) is 4. The van der Waals surface area contributed by atoms with Gasteiger partial charge in [0.25, 0.3) is 11.8 Å². The second kappa shape index (κ2) is 10.4. The predicted octanol–water partition coefficient (Wildman–Crippen LogP) is 4.80. The molecule has 2 aromatic carbocycles. The van der Waals surface area contributed by atoms with E-state index in [1.807, 2.05) is 54.8 Å². The van der Waals surface area contributed by atoms with Crippen LogP contribution in [0.3, 0.4) is 0 Å². The molecule has 1 unspecified atom stereocenters. The molecule has 6 heteroatoms. The summed E-state index contributed by atoms with van der Waals surface area (Å²) >= 11 is 1.49. The summed E-state index contributed by atoms with van der Waals surface area (Å²) in [6, 6.07) is 20.2. The molecule has 1 atom stereocenters. The second-order valence-electron chi connectivity index (χ2n) is 6.60. The summed E-state index contributed by atoms with van der Waals surface area (Å²) < 4.78 is 5.13. The number of methoxy groups -OCH3 is 1. The summed E-state index contributed by atoms with van der Waals surface area (Å²) in [5, 5.41) is 7.72. The van der Waals surface area contributed by atoms with Crippen molar-refractivity contribution in [1.82, 2.24) is 10.6 Å². The van der Waals surface area contributed by atoms with E-state index in [0.29, 0.717) is 11.3 Å². The molecule has 30 heavy (non-hydrogen) atoms. The highest BCUT2D eigenvalue weighted by Crippen LogP contribution is 2.18. The first-order valence-electron chi connectivity index (χ1n) is 9.67. The molecule has 0 spiro atoms. The number of nitrogens with one attached hydrogen (secondary N) is 2. The molecule has 0 saturated carbocycles. The molecule has 0 aliphatic carbocycles. The Bertz CT molecular complexity index is 997. The maximum absolute atomic E-state index is 13.1. The Morgan fingerprint density at radius 1 is 1.03 bits per heavy atom. The Hall–Kier alpha value is -3.38. The topological polar surface area (TPSA) is 67.4 Å². The minimum absolute atomic E-state index is 0.150. The SMILES string of the molecule is CCC(NC(=O)/C(=C/c1cccs1)NC(=O)c1ccc(OC)cc1)c1ccccc1. The van der Waals surface area contributed by atoms with Gasteiger partial charge in [0, 0.05) is 10.4 Å². The third kappa shape index (κ3) is 5.58. The van der Waals surface area contributed by atoms with E-state index in [9.17, 15) is 9.59 Å². The minimum Gasteiger partial charge on any atom is -0.497 e. The van der Waals surface area contributed by atoms with Crippen molar-refractivity contribution in [3.8, 4) is 5.75 Å². The van der Waals surface area contributed by atoms with E-state index < -0.39 is 0 Å². The summed E-state index contributed by atoms with van der Waals surface area (Å²) in [5.74, 6) is -0.0309. The Morgan fingerprint density at radius 2 is 1.77 bits per heavy atom. The zero-order valence-corrected chi connectivity index (χ0v) is 17.7. The number of carbonyl (C=O) groups excluding carboxylic acids is 2. The van der Waals surface area contributed by atoms with Gasteiger partial charge in [0.1, 0.15) is 11.4 Å². The van der Waals surface area contributed by atoms with Crippen LogP contribution in [0, 0.1) is 0 Å². The molecule has 0 aliphatic heterocycles. The lowest BCUT2D eigenvalue weighted by Gasteiger charge is -2.19. The fraction of sp³-hybridized carbons (Fsp3) is 0.167. The molecule has 0 aliphatic rings. The third-order valence-electron chi connectivity index (χ3n) is 4.59. The van der Waals surface area contributed by atoms with E-state index in [4.69, 9.17) is 4.74 Å². The number of benzene rings is 2. The van der Waals surface area contributed by atoms with Gasteiger partial charge in [0.05, 0.1) is 13.2 Å². The molecule has 0 saturated heterocycles. The summed E-state index contributed by atoms with van der Waals surface area (Å²) in [4.78, 5) is 26.7. The first kappa shape index (κ1) is 21.3. The van der Waals surface area contributed by atoms with Crippen molar-refractivity contribution in [3.05, 3.63) is 93.8 Å². The number of amides is 2. The van der Waals surface area contributed by atoms with E-state index in [1.54, 1.807) is 37.5 Å². The smallest absolute Gasteiger partial charge is 0.268 e. The Labute approximate surface area is 180 Å². The first-order chi connectivity index (χ1) is 14.6. The maximum Gasteiger partial charge on any atom is 0.268 e. The van der Waals surface area contributed by atoms with Crippen molar-refractivity contribution >= 4 is 29.2 Å². The summed E-state index contributed by atoms with van der Waals surface area (Å²) in [5.41, 5.74) is 1.66. The van der Waals surface area contributed by atoms with Crippen LogP contribution < -0.4 is 15.4 Å². The Kier molecular flexibility index (Phi) is 7.40.